The van der Waals surface area contributed by atoms with Gasteiger partial charge in [0, 0.05) is 12.4 Å². The summed E-state index contributed by atoms with van der Waals surface area (Å²) in [7, 11) is 0. The molecule has 0 aliphatic rings. The van der Waals surface area contributed by atoms with E-state index in [-0.39, 0.29) is 27.4 Å². The van der Waals surface area contributed by atoms with E-state index in [2.05, 4.69) is 25.9 Å². The molecule has 0 bridgehead atoms. The summed E-state index contributed by atoms with van der Waals surface area (Å²) in [4.78, 5) is 20.0. The van der Waals surface area contributed by atoms with Crippen LogP contribution in [0, 0.1) is 0 Å². The highest BCUT2D eigenvalue weighted by Gasteiger charge is 2.31. The Labute approximate surface area is 170 Å². The van der Waals surface area contributed by atoms with E-state index in [1.807, 2.05) is 0 Å². The molecular weight excluding hydrogens is 444 g/mol. The van der Waals surface area contributed by atoms with Crippen molar-refractivity contribution in [1.29, 1.82) is 0 Å². The number of alkyl halides is 3. The molecule has 0 saturated heterocycles. The number of rotatable bonds is 4. The van der Waals surface area contributed by atoms with Crippen molar-refractivity contribution in [2.75, 3.05) is 5.43 Å². The smallest absolute Gasteiger partial charge is 0.280 e. The zero-order valence-electron chi connectivity index (χ0n) is 13.4. The largest absolute Gasteiger partial charge is 0.417 e. The highest BCUT2D eigenvalue weighted by molar-refractivity contribution is 6.35. The fraction of sp³-hybridized carbons (Fsp3) is 0.0667. The molecule has 0 aliphatic carbocycles. The maximum atomic E-state index is 12.6. The van der Waals surface area contributed by atoms with Gasteiger partial charge in [0.1, 0.15) is 5.69 Å². The van der Waals surface area contributed by atoms with Gasteiger partial charge in [-0.2, -0.15) is 18.3 Å². The first-order chi connectivity index (χ1) is 13.2. The van der Waals surface area contributed by atoms with Crippen LogP contribution >= 0.6 is 34.8 Å². The molecular formula is C15H8Cl3F3N6O. The van der Waals surface area contributed by atoms with Crippen LogP contribution in [0.1, 0.15) is 16.1 Å². The summed E-state index contributed by atoms with van der Waals surface area (Å²) >= 11 is 17.6. The fourth-order valence-corrected chi connectivity index (χ4v) is 2.75. The monoisotopic (exact) mass is 450 g/mol. The first kappa shape index (κ1) is 20.2. The molecule has 0 atom stereocenters. The van der Waals surface area contributed by atoms with Crippen LogP contribution in [0.2, 0.25) is 15.1 Å². The fourth-order valence-electron chi connectivity index (χ4n) is 2.07. The lowest BCUT2D eigenvalue weighted by Gasteiger charge is -2.12. The summed E-state index contributed by atoms with van der Waals surface area (Å²) in [6, 6.07) is 3.50. The average Bonchev–Trinajstić information content (AvgIpc) is 3.09. The van der Waals surface area contributed by atoms with Crippen LogP contribution in [0.25, 0.3) is 5.82 Å². The Morgan fingerprint density at radius 1 is 1.07 bits per heavy atom. The van der Waals surface area contributed by atoms with E-state index in [0.29, 0.717) is 17.3 Å². The van der Waals surface area contributed by atoms with Crippen LogP contribution in [-0.2, 0) is 6.18 Å². The Hall–Kier alpha value is -2.56. The summed E-state index contributed by atoms with van der Waals surface area (Å²) in [5.41, 5.74) is 3.64. The number of halogens is 6. The number of anilines is 1. The standard InChI is InChI=1S/C15H8Cl3F3N6O/c16-8-4-10(18)13(23-6-8)27-11(1-2-24-27)14(28)26-25-12-9(17)3-7(5-22-12)15(19,20)21/h1-6H,(H,22,25)(H,26,28). The van der Waals surface area contributed by atoms with Crippen LogP contribution < -0.4 is 10.9 Å². The Bertz CT molecular complexity index is 1040. The Kier molecular flexibility index (Phi) is 5.64. The summed E-state index contributed by atoms with van der Waals surface area (Å²) in [6.45, 7) is 0. The minimum Gasteiger partial charge on any atom is -0.280 e. The maximum absolute atomic E-state index is 12.6. The number of nitrogens with zero attached hydrogens (tertiary/aromatic N) is 4. The lowest BCUT2D eigenvalue weighted by molar-refractivity contribution is -0.137. The Balaban J connectivity index is 1.78. The number of hydrogen-bond acceptors (Lipinski definition) is 5. The molecule has 3 rings (SSSR count). The van der Waals surface area contributed by atoms with Gasteiger partial charge in [-0.15, -0.1) is 0 Å². The molecule has 0 fully saturated rings. The van der Waals surface area contributed by atoms with Gasteiger partial charge in [0.2, 0.25) is 0 Å². The van der Waals surface area contributed by atoms with Gasteiger partial charge >= 0.3 is 6.18 Å². The van der Waals surface area contributed by atoms with Crippen molar-refractivity contribution >= 4 is 46.5 Å². The second-order valence-corrected chi connectivity index (χ2v) is 6.47. The van der Waals surface area contributed by atoms with E-state index in [1.54, 1.807) is 0 Å². The van der Waals surface area contributed by atoms with Gasteiger partial charge in [0.05, 0.1) is 26.8 Å². The summed E-state index contributed by atoms with van der Waals surface area (Å²) < 4.78 is 39.1. The van der Waals surface area contributed by atoms with Crippen molar-refractivity contribution in [2.45, 2.75) is 6.18 Å². The van der Waals surface area contributed by atoms with E-state index in [9.17, 15) is 18.0 Å². The third kappa shape index (κ3) is 4.29. The zero-order chi connectivity index (χ0) is 20.5. The molecule has 0 radical (unpaired) electrons. The lowest BCUT2D eigenvalue weighted by Crippen LogP contribution is -2.31. The molecule has 0 unspecified atom stereocenters. The van der Waals surface area contributed by atoms with Gasteiger partial charge in [0.25, 0.3) is 5.91 Å². The molecule has 13 heteroatoms. The second-order valence-electron chi connectivity index (χ2n) is 5.22. The minimum absolute atomic E-state index is 0.0345. The van der Waals surface area contributed by atoms with E-state index in [4.69, 9.17) is 34.8 Å². The van der Waals surface area contributed by atoms with E-state index >= 15 is 0 Å². The van der Waals surface area contributed by atoms with Gasteiger partial charge in [0.15, 0.2) is 11.6 Å². The molecule has 0 aliphatic heterocycles. The molecule has 7 nitrogen and oxygen atoms in total. The Morgan fingerprint density at radius 2 is 1.82 bits per heavy atom. The second kappa shape index (κ2) is 7.82. The molecule has 0 aromatic carbocycles. The number of hydrogen-bond donors (Lipinski definition) is 2. The topological polar surface area (TPSA) is 84.7 Å². The van der Waals surface area contributed by atoms with Gasteiger partial charge < -0.3 is 0 Å². The molecule has 0 saturated carbocycles. The average molecular weight is 452 g/mol. The molecule has 3 aromatic rings. The predicted octanol–water partition coefficient (Wildman–Crippen LogP) is 4.40. The number of hydrazine groups is 1. The van der Waals surface area contributed by atoms with Crippen LogP contribution in [0.5, 0.6) is 0 Å². The number of pyridine rings is 2. The minimum atomic E-state index is -4.59. The molecule has 0 spiro atoms. The third-order valence-electron chi connectivity index (χ3n) is 3.33. The van der Waals surface area contributed by atoms with Crippen LogP contribution in [0.4, 0.5) is 19.0 Å². The van der Waals surface area contributed by atoms with E-state index < -0.39 is 17.6 Å². The molecule has 3 aromatic heterocycles. The molecule has 3 heterocycles. The third-order valence-corrected chi connectivity index (χ3v) is 4.10. The summed E-state index contributed by atoms with van der Waals surface area (Å²) in [5, 5.41) is 4.11. The first-order valence-corrected chi connectivity index (χ1v) is 8.44. The van der Waals surface area contributed by atoms with Crippen molar-refractivity contribution in [3.05, 3.63) is 63.1 Å². The predicted molar refractivity (Wildman–Crippen MR) is 96.7 cm³/mol. The van der Waals surface area contributed by atoms with Crippen molar-refractivity contribution in [3.8, 4) is 5.82 Å². The maximum Gasteiger partial charge on any atom is 0.417 e. The van der Waals surface area contributed by atoms with Gasteiger partial charge in [-0.3, -0.25) is 15.6 Å². The molecule has 146 valence electrons. The van der Waals surface area contributed by atoms with Crippen molar-refractivity contribution in [1.82, 2.24) is 25.2 Å². The van der Waals surface area contributed by atoms with Crippen LogP contribution in [0.15, 0.2) is 36.8 Å². The number of aromatic nitrogens is 4. The highest BCUT2D eigenvalue weighted by Crippen LogP contribution is 2.32. The highest BCUT2D eigenvalue weighted by atomic mass is 35.5. The van der Waals surface area contributed by atoms with Crippen molar-refractivity contribution < 1.29 is 18.0 Å². The number of carbonyl (C=O) groups excluding carboxylic acids is 1. The van der Waals surface area contributed by atoms with Gasteiger partial charge in [-0.05, 0) is 18.2 Å². The molecule has 1 amide bonds. The van der Waals surface area contributed by atoms with Crippen LogP contribution in [-0.4, -0.2) is 25.7 Å². The number of carbonyl (C=O) groups is 1. The van der Waals surface area contributed by atoms with Gasteiger partial charge in [-0.25, -0.2) is 14.6 Å². The van der Waals surface area contributed by atoms with Crippen molar-refractivity contribution in [3.63, 3.8) is 0 Å². The number of amides is 1. The molecule has 28 heavy (non-hydrogen) atoms. The lowest BCUT2D eigenvalue weighted by atomic mass is 10.3. The van der Waals surface area contributed by atoms with Crippen LogP contribution in [0.3, 0.4) is 0 Å². The normalized spacial score (nSPS) is 11.4. The van der Waals surface area contributed by atoms with Crippen molar-refractivity contribution in [2.24, 2.45) is 0 Å². The van der Waals surface area contributed by atoms with E-state index in [0.717, 1.165) is 4.68 Å². The summed E-state index contributed by atoms with van der Waals surface area (Å²) in [6.07, 6.45) is -1.33. The SMILES string of the molecule is O=C(NNc1ncc(C(F)(F)F)cc1Cl)c1ccnn1-c1ncc(Cl)cc1Cl. The Morgan fingerprint density at radius 3 is 2.46 bits per heavy atom. The van der Waals surface area contributed by atoms with E-state index in [1.165, 1.54) is 24.5 Å². The quantitative estimate of drug-likeness (QED) is 0.575. The number of nitrogens with one attached hydrogen (secondary N) is 2. The van der Waals surface area contributed by atoms with Gasteiger partial charge in [-0.1, -0.05) is 34.8 Å². The summed E-state index contributed by atoms with van der Waals surface area (Å²) in [5.74, 6) is -0.702. The zero-order valence-corrected chi connectivity index (χ0v) is 15.7. The molecule has 2 N–H and O–H groups in total. The first-order valence-electron chi connectivity index (χ1n) is 7.31.